The summed E-state index contributed by atoms with van der Waals surface area (Å²) in [6.07, 6.45) is 2.71. The number of aryl methyl sites for hydroxylation is 1. The highest BCUT2D eigenvalue weighted by molar-refractivity contribution is 6.28. The van der Waals surface area contributed by atoms with E-state index in [-0.39, 0.29) is 6.04 Å². The molecule has 1 N–H and O–H groups in total. The van der Waals surface area contributed by atoms with Gasteiger partial charge in [-0.25, -0.2) is 0 Å². The summed E-state index contributed by atoms with van der Waals surface area (Å²) in [6, 6.07) is 5.73. The Labute approximate surface area is 99.2 Å². The first-order valence-electron chi connectivity index (χ1n) is 5.10. The lowest BCUT2D eigenvalue weighted by Crippen LogP contribution is -2.18. The van der Waals surface area contributed by atoms with E-state index in [0.29, 0.717) is 5.22 Å². The number of rotatable bonds is 4. The summed E-state index contributed by atoms with van der Waals surface area (Å²) in [4.78, 5) is 0. The molecule has 2 aromatic rings. The zero-order valence-electron chi connectivity index (χ0n) is 9.27. The van der Waals surface area contributed by atoms with Gasteiger partial charge in [-0.3, -0.25) is 4.68 Å². The number of furan rings is 1. The summed E-state index contributed by atoms with van der Waals surface area (Å²) in [5.74, 6) is 0.832. The third-order valence-corrected chi connectivity index (χ3v) is 2.67. The summed E-state index contributed by atoms with van der Waals surface area (Å²) in [6.45, 7) is 0. The lowest BCUT2D eigenvalue weighted by atomic mass is 10.1. The Morgan fingerprint density at radius 1 is 1.50 bits per heavy atom. The highest BCUT2D eigenvalue weighted by Crippen LogP contribution is 2.22. The molecule has 0 radical (unpaired) electrons. The topological polar surface area (TPSA) is 43.0 Å². The van der Waals surface area contributed by atoms with E-state index in [0.717, 1.165) is 17.9 Å². The Kier molecular flexibility index (Phi) is 3.31. The van der Waals surface area contributed by atoms with Gasteiger partial charge in [0.15, 0.2) is 5.22 Å². The molecule has 1 unspecified atom stereocenters. The van der Waals surface area contributed by atoms with Crippen LogP contribution in [0, 0.1) is 0 Å². The molecule has 5 heteroatoms. The van der Waals surface area contributed by atoms with Crippen LogP contribution >= 0.6 is 11.6 Å². The maximum atomic E-state index is 5.75. The molecule has 0 bridgehead atoms. The van der Waals surface area contributed by atoms with Crippen LogP contribution in [-0.2, 0) is 13.5 Å². The van der Waals surface area contributed by atoms with Crippen LogP contribution in [0.15, 0.2) is 28.8 Å². The monoisotopic (exact) mass is 239 g/mol. The molecular formula is C11H14ClN3O. The SMILES string of the molecule is CNC(Cc1ccn(C)n1)c1ccc(Cl)o1. The van der Waals surface area contributed by atoms with Crippen molar-refractivity contribution in [3.05, 3.63) is 41.1 Å². The van der Waals surface area contributed by atoms with E-state index >= 15 is 0 Å². The van der Waals surface area contributed by atoms with Crippen molar-refractivity contribution in [2.75, 3.05) is 7.05 Å². The normalized spacial score (nSPS) is 12.9. The molecule has 0 aromatic carbocycles. The van der Waals surface area contributed by atoms with Gasteiger partial charge in [0.05, 0.1) is 11.7 Å². The Balaban J connectivity index is 2.12. The minimum atomic E-state index is 0.0994. The second-order valence-corrected chi connectivity index (χ2v) is 4.04. The van der Waals surface area contributed by atoms with Crippen LogP contribution < -0.4 is 5.32 Å². The van der Waals surface area contributed by atoms with Crippen LogP contribution in [0.1, 0.15) is 17.5 Å². The summed E-state index contributed by atoms with van der Waals surface area (Å²) in [5, 5.41) is 7.93. The van der Waals surface area contributed by atoms with Crippen molar-refractivity contribution in [2.45, 2.75) is 12.5 Å². The first-order valence-corrected chi connectivity index (χ1v) is 5.48. The average Bonchev–Trinajstić information content (AvgIpc) is 2.84. The van der Waals surface area contributed by atoms with E-state index in [1.54, 1.807) is 10.7 Å². The zero-order valence-corrected chi connectivity index (χ0v) is 10.0. The molecule has 0 spiro atoms. The molecule has 2 rings (SSSR count). The van der Waals surface area contributed by atoms with E-state index in [1.807, 2.05) is 32.4 Å². The fourth-order valence-electron chi connectivity index (χ4n) is 1.64. The fourth-order valence-corrected chi connectivity index (χ4v) is 1.79. The number of hydrogen-bond donors (Lipinski definition) is 1. The van der Waals surface area contributed by atoms with Crippen LogP contribution in [0.4, 0.5) is 0 Å². The van der Waals surface area contributed by atoms with Crippen molar-refractivity contribution in [3.63, 3.8) is 0 Å². The van der Waals surface area contributed by atoms with Gasteiger partial charge in [0, 0.05) is 19.7 Å². The Morgan fingerprint density at radius 3 is 2.81 bits per heavy atom. The van der Waals surface area contributed by atoms with Gasteiger partial charge >= 0.3 is 0 Å². The second kappa shape index (κ2) is 4.72. The molecule has 0 aliphatic heterocycles. The number of hydrogen-bond acceptors (Lipinski definition) is 3. The summed E-state index contributed by atoms with van der Waals surface area (Å²) < 4.78 is 7.17. The van der Waals surface area contributed by atoms with Crippen molar-refractivity contribution in [1.29, 1.82) is 0 Å². The van der Waals surface area contributed by atoms with Crippen molar-refractivity contribution < 1.29 is 4.42 Å². The number of nitrogens with zero attached hydrogens (tertiary/aromatic N) is 2. The van der Waals surface area contributed by atoms with E-state index < -0.39 is 0 Å². The molecule has 1 atom stereocenters. The van der Waals surface area contributed by atoms with Gasteiger partial charge in [-0.2, -0.15) is 5.10 Å². The average molecular weight is 240 g/mol. The fraction of sp³-hybridized carbons (Fsp3) is 0.364. The Morgan fingerprint density at radius 2 is 2.31 bits per heavy atom. The quantitative estimate of drug-likeness (QED) is 0.889. The maximum absolute atomic E-state index is 5.75. The van der Waals surface area contributed by atoms with Gasteiger partial charge in [0.2, 0.25) is 0 Å². The largest absolute Gasteiger partial charge is 0.448 e. The van der Waals surface area contributed by atoms with Crippen LogP contribution in [0.5, 0.6) is 0 Å². The first-order chi connectivity index (χ1) is 7.69. The minimum absolute atomic E-state index is 0.0994. The molecule has 4 nitrogen and oxygen atoms in total. The minimum Gasteiger partial charge on any atom is -0.448 e. The van der Waals surface area contributed by atoms with E-state index in [2.05, 4.69) is 10.4 Å². The lowest BCUT2D eigenvalue weighted by Gasteiger charge is -2.11. The highest BCUT2D eigenvalue weighted by atomic mass is 35.5. The molecule has 2 aromatic heterocycles. The van der Waals surface area contributed by atoms with Crippen LogP contribution in [0.2, 0.25) is 5.22 Å². The molecule has 0 aliphatic rings. The predicted octanol–water partition coefficient (Wildman–Crippen LogP) is 2.17. The molecule has 0 saturated carbocycles. The Bertz CT molecular complexity index is 463. The number of nitrogens with one attached hydrogen (secondary N) is 1. The van der Waals surface area contributed by atoms with Gasteiger partial charge in [-0.15, -0.1) is 0 Å². The van der Waals surface area contributed by atoms with E-state index in [4.69, 9.17) is 16.0 Å². The standard InChI is InChI=1S/C11H14ClN3O/c1-13-9(10-3-4-11(12)16-10)7-8-5-6-15(2)14-8/h3-6,9,13H,7H2,1-2H3. The van der Waals surface area contributed by atoms with Gasteiger partial charge in [0.25, 0.3) is 0 Å². The van der Waals surface area contributed by atoms with Gasteiger partial charge < -0.3 is 9.73 Å². The molecule has 0 aliphatic carbocycles. The van der Waals surface area contributed by atoms with Crippen molar-refractivity contribution >= 4 is 11.6 Å². The third kappa shape index (κ3) is 2.46. The van der Waals surface area contributed by atoms with Crippen LogP contribution in [0.3, 0.4) is 0 Å². The number of halogens is 1. The predicted molar refractivity (Wildman–Crippen MR) is 62.4 cm³/mol. The molecule has 0 saturated heterocycles. The van der Waals surface area contributed by atoms with Gasteiger partial charge in [-0.05, 0) is 36.8 Å². The summed E-state index contributed by atoms with van der Waals surface area (Å²) >= 11 is 5.75. The van der Waals surface area contributed by atoms with Crippen molar-refractivity contribution in [3.8, 4) is 0 Å². The maximum Gasteiger partial charge on any atom is 0.193 e. The smallest absolute Gasteiger partial charge is 0.193 e. The van der Waals surface area contributed by atoms with Crippen LogP contribution in [-0.4, -0.2) is 16.8 Å². The van der Waals surface area contributed by atoms with E-state index in [9.17, 15) is 0 Å². The van der Waals surface area contributed by atoms with Gasteiger partial charge in [0.1, 0.15) is 5.76 Å². The Hall–Kier alpha value is -1.26. The summed E-state index contributed by atoms with van der Waals surface area (Å²) in [5.41, 5.74) is 1.02. The second-order valence-electron chi connectivity index (χ2n) is 3.67. The molecule has 0 fully saturated rings. The molecular weight excluding hydrogens is 226 g/mol. The van der Waals surface area contributed by atoms with Crippen LogP contribution in [0.25, 0.3) is 0 Å². The van der Waals surface area contributed by atoms with Crippen molar-refractivity contribution in [2.24, 2.45) is 7.05 Å². The van der Waals surface area contributed by atoms with Gasteiger partial charge in [-0.1, -0.05) is 0 Å². The number of aromatic nitrogens is 2. The molecule has 86 valence electrons. The molecule has 16 heavy (non-hydrogen) atoms. The highest BCUT2D eigenvalue weighted by Gasteiger charge is 2.15. The summed E-state index contributed by atoms with van der Waals surface area (Å²) in [7, 11) is 3.80. The molecule has 0 amide bonds. The number of likely N-dealkylation sites (N-methyl/N-ethyl adjacent to an activating group) is 1. The first kappa shape index (κ1) is 11.2. The van der Waals surface area contributed by atoms with E-state index in [1.165, 1.54) is 0 Å². The van der Waals surface area contributed by atoms with Crippen molar-refractivity contribution in [1.82, 2.24) is 15.1 Å². The lowest BCUT2D eigenvalue weighted by molar-refractivity contribution is 0.427. The third-order valence-electron chi connectivity index (χ3n) is 2.47. The molecule has 2 heterocycles. The zero-order chi connectivity index (χ0) is 11.5.